The largest absolute Gasteiger partial charge is 0.361 e. The molecule has 0 saturated heterocycles. The minimum Gasteiger partial charge on any atom is -0.361 e. The van der Waals surface area contributed by atoms with Crippen molar-refractivity contribution in [3.8, 4) is 0 Å². The first-order valence-electron chi connectivity index (χ1n) is 4.78. The zero-order valence-electron chi connectivity index (χ0n) is 9.38. The van der Waals surface area contributed by atoms with Gasteiger partial charge in [0.05, 0.1) is 6.34 Å². The van der Waals surface area contributed by atoms with Crippen LogP contribution in [-0.4, -0.2) is 24.2 Å². The van der Waals surface area contributed by atoms with Crippen molar-refractivity contribution >= 4 is 12.2 Å². The monoisotopic (exact) mass is 244 g/mol. The maximum absolute atomic E-state index is 13.3. The molecular formula is C11H11F3N2O. The summed E-state index contributed by atoms with van der Waals surface area (Å²) in [5.74, 6) is -3.32. The first kappa shape index (κ1) is 13.2. The summed E-state index contributed by atoms with van der Waals surface area (Å²) in [6, 6.07) is 1.21. The summed E-state index contributed by atoms with van der Waals surface area (Å²) in [6.07, 6.45) is 1.16. The third-order valence-corrected chi connectivity index (χ3v) is 1.95. The summed E-state index contributed by atoms with van der Waals surface area (Å²) < 4.78 is 39.1. The van der Waals surface area contributed by atoms with Gasteiger partial charge in [-0.15, -0.1) is 0 Å². The molecule has 1 amide bonds. The van der Waals surface area contributed by atoms with Crippen molar-refractivity contribution < 1.29 is 18.0 Å². The van der Waals surface area contributed by atoms with Crippen LogP contribution in [0.5, 0.6) is 0 Å². The molecule has 0 fully saturated rings. The normalized spacial score (nSPS) is 10.9. The number of aliphatic imine (C=N–C) groups is 1. The van der Waals surface area contributed by atoms with Crippen molar-refractivity contribution in [1.82, 2.24) is 4.90 Å². The Hall–Kier alpha value is -1.85. The molecule has 1 aromatic carbocycles. The van der Waals surface area contributed by atoms with Gasteiger partial charge in [0.15, 0.2) is 0 Å². The number of rotatable bonds is 3. The van der Waals surface area contributed by atoms with E-state index in [2.05, 4.69) is 4.99 Å². The van der Waals surface area contributed by atoms with Crippen LogP contribution in [0.15, 0.2) is 17.1 Å². The van der Waals surface area contributed by atoms with Gasteiger partial charge in [-0.3, -0.25) is 4.79 Å². The Morgan fingerprint density at radius 2 is 1.88 bits per heavy atom. The molecule has 0 radical (unpaired) electrons. The Labute approximate surface area is 96.6 Å². The number of benzene rings is 1. The van der Waals surface area contributed by atoms with E-state index in [1.807, 2.05) is 0 Å². The molecule has 0 aliphatic rings. The van der Waals surface area contributed by atoms with Gasteiger partial charge >= 0.3 is 0 Å². The molecule has 0 N–H and O–H groups in total. The van der Waals surface area contributed by atoms with Crippen LogP contribution in [0.4, 0.5) is 13.2 Å². The Balaban J connectivity index is 2.85. The molecule has 0 aromatic heterocycles. The van der Waals surface area contributed by atoms with Crippen LogP contribution in [0.1, 0.15) is 12.5 Å². The van der Waals surface area contributed by atoms with Gasteiger partial charge in [0, 0.05) is 38.2 Å². The van der Waals surface area contributed by atoms with Crippen LogP contribution in [0.3, 0.4) is 0 Å². The van der Waals surface area contributed by atoms with E-state index in [1.165, 1.54) is 18.9 Å². The molecule has 0 heterocycles. The topological polar surface area (TPSA) is 32.7 Å². The van der Waals surface area contributed by atoms with Crippen molar-refractivity contribution in [3.05, 3.63) is 35.1 Å². The highest BCUT2D eigenvalue weighted by molar-refractivity contribution is 5.82. The minimum absolute atomic E-state index is 0.144. The number of carbonyl (C=O) groups is 1. The summed E-state index contributed by atoms with van der Waals surface area (Å²) in [7, 11) is 1.49. The molecule has 0 aliphatic carbocycles. The van der Waals surface area contributed by atoms with Crippen molar-refractivity contribution in [2.45, 2.75) is 13.5 Å². The quantitative estimate of drug-likeness (QED) is 0.602. The number of hydrogen-bond acceptors (Lipinski definition) is 1. The van der Waals surface area contributed by atoms with Crippen molar-refractivity contribution in [2.75, 3.05) is 7.05 Å². The van der Waals surface area contributed by atoms with Crippen molar-refractivity contribution in [1.29, 1.82) is 0 Å². The lowest BCUT2D eigenvalue weighted by Gasteiger charge is -2.14. The van der Waals surface area contributed by atoms with Gasteiger partial charge in [-0.25, -0.2) is 18.2 Å². The lowest BCUT2D eigenvalue weighted by Crippen LogP contribution is -2.18. The predicted molar refractivity (Wildman–Crippen MR) is 57.0 cm³/mol. The van der Waals surface area contributed by atoms with E-state index in [4.69, 9.17) is 0 Å². The molecule has 17 heavy (non-hydrogen) atoms. The summed E-state index contributed by atoms with van der Waals surface area (Å²) in [4.78, 5) is 15.3. The molecule has 0 saturated carbocycles. The van der Waals surface area contributed by atoms with Gasteiger partial charge < -0.3 is 4.90 Å². The van der Waals surface area contributed by atoms with E-state index in [1.54, 1.807) is 0 Å². The van der Waals surface area contributed by atoms with Crippen LogP contribution in [0.2, 0.25) is 0 Å². The lowest BCUT2D eigenvalue weighted by molar-refractivity contribution is -0.115. The molecular weight excluding hydrogens is 233 g/mol. The third-order valence-electron chi connectivity index (χ3n) is 1.95. The van der Waals surface area contributed by atoms with Crippen LogP contribution >= 0.6 is 0 Å². The van der Waals surface area contributed by atoms with Crippen LogP contribution in [0, 0.1) is 17.5 Å². The molecule has 1 aromatic rings. The van der Waals surface area contributed by atoms with Crippen molar-refractivity contribution in [2.24, 2.45) is 4.99 Å². The highest BCUT2D eigenvalue weighted by atomic mass is 19.1. The lowest BCUT2D eigenvalue weighted by atomic mass is 10.2. The molecule has 0 atom stereocenters. The second-order valence-electron chi connectivity index (χ2n) is 3.53. The fourth-order valence-corrected chi connectivity index (χ4v) is 1.19. The molecule has 6 heteroatoms. The second kappa shape index (κ2) is 5.47. The number of hydrogen-bond donors (Lipinski definition) is 0. The van der Waals surface area contributed by atoms with Crippen molar-refractivity contribution in [3.63, 3.8) is 0 Å². The standard InChI is InChI=1S/C11H11F3N2O/c1-7(17)15-6-16(2)5-9-10(13)3-8(12)4-11(9)14/h3-4,6H,5H2,1-2H3. The highest BCUT2D eigenvalue weighted by Gasteiger charge is 2.12. The molecule has 0 unspecified atom stereocenters. The summed E-state index contributed by atoms with van der Waals surface area (Å²) in [6.45, 7) is 1.11. The average molecular weight is 244 g/mol. The van der Waals surface area contributed by atoms with Gasteiger partial charge in [-0.2, -0.15) is 0 Å². The Morgan fingerprint density at radius 3 is 2.35 bits per heavy atom. The number of amides is 1. The fourth-order valence-electron chi connectivity index (χ4n) is 1.19. The Morgan fingerprint density at radius 1 is 1.35 bits per heavy atom. The zero-order chi connectivity index (χ0) is 13.0. The highest BCUT2D eigenvalue weighted by Crippen LogP contribution is 2.15. The number of carbonyl (C=O) groups excluding carboxylic acids is 1. The van der Waals surface area contributed by atoms with Crippen LogP contribution < -0.4 is 0 Å². The summed E-state index contributed by atoms with van der Waals surface area (Å²) in [5.41, 5.74) is -0.274. The van der Waals surface area contributed by atoms with Gasteiger partial charge in [-0.1, -0.05) is 0 Å². The predicted octanol–water partition coefficient (Wildman–Crippen LogP) is 2.11. The molecule has 0 bridgehead atoms. The Kier molecular flexibility index (Phi) is 4.25. The molecule has 0 spiro atoms. The smallest absolute Gasteiger partial charge is 0.243 e. The van der Waals surface area contributed by atoms with E-state index < -0.39 is 23.4 Å². The first-order chi connectivity index (χ1) is 7.90. The van der Waals surface area contributed by atoms with E-state index in [0.717, 1.165) is 6.34 Å². The maximum atomic E-state index is 13.3. The van der Waals surface area contributed by atoms with Crippen LogP contribution in [-0.2, 0) is 11.3 Å². The van der Waals surface area contributed by atoms with Gasteiger partial charge in [0.25, 0.3) is 0 Å². The SMILES string of the molecule is CC(=O)N=CN(C)Cc1c(F)cc(F)cc1F. The first-order valence-corrected chi connectivity index (χ1v) is 4.78. The van der Waals surface area contributed by atoms with Crippen LogP contribution in [0.25, 0.3) is 0 Å². The Bertz CT molecular complexity index is 437. The van der Waals surface area contributed by atoms with Gasteiger partial charge in [0.2, 0.25) is 5.91 Å². The minimum atomic E-state index is -0.969. The van der Waals surface area contributed by atoms with Gasteiger partial charge in [-0.05, 0) is 0 Å². The van der Waals surface area contributed by atoms with E-state index >= 15 is 0 Å². The summed E-state index contributed by atoms with van der Waals surface area (Å²) >= 11 is 0. The molecule has 92 valence electrons. The maximum Gasteiger partial charge on any atom is 0.243 e. The number of halogens is 3. The molecule has 0 aliphatic heterocycles. The number of nitrogens with zero attached hydrogens (tertiary/aromatic N) is 2. The third kappa shape index (κ3) is 3.90. The zero-order valence-corrected chi connectivity index (χ0v) is 9.38. The van der Waals surface area contributed by atoms with Gasteiger partial charge in [0.1, 0.15) is 17.5 Å². The molecule has 3 nitrogen and oxygen atoms in total. The van der Waals surface area contributed by atoms with E-state index in [0.29, 0.717) is 12.1 Å². The second-order valence-corrected chi connectivity index (χ2v) is 3.53. The fraction of sp³-hybridized carbons (Fsp3) is 0.273. The van der Waals surface area contributed by atoms with E-state index in [-0.39, 0.29) is 12.1 Å². The molecule has 1 rings (SSSR count). The average Bonchev–Trinajstić information content (AvgIpc) is 2.20. The summed E-state index contributed by atoms with van der Waals surface area (Å²) in [5, 5.41) is 0. The van der Waals surface area contributed by atoms with E-state index in [9.17, 15) is 18.0 Å².